The van der Waals surface area contributed by atoms with Crippen LogP contribution < -0.4 is 10.5 Å². The summed E-state index contributed by atoms with van der Waals surface area (Å²) < 4.78 is 32.5. The SMILES string of the molecule is NC1CC(c2ccc(Cl)c(F)c2)Oc2cc(F)ccc21. The number of fused-ring (bicyclic) bond motifs is 1. The molecule has 0 fully saturated rings. The minimum atomic E-state index is -0.508. The summed E-state index contributed by atoms with van der Waals surface area (Å²) in [5, 5.41) is 0.0558. The van der Waals surface area contributed by atoms with E-state index in [2.05, 4.69) is 0 Å². The Morgan fingerprint density at radius 2 is 1.95 bits per heavy atom. The largest absolute Gasteiger partial charge is 0.485 e. The summed E-state index contributed by atoms with van der Waals surface area (Å²) in [6.45, 7) is 0. The molecule has 2 N–H and O–H groups in total. The van der Waals surface area contributed by atoms with Crippen LogP contribution in [0.3, 0.4) is 0 Å². The van der Waals surface area contributed by atoms with Crippen LogP contribution in [0.5, 0.6) is 5.75 Å². The molecule has 1 heterocycles. The summed E-state index contributed by atoms with van der Waals surface area (Å²) in [6.07, 6.45) is 0.0887. The summed E-state index contributed by atoms with van der Waals surface area (Å²) in [4.78, 5) is 0. The van der Waals surface area contributed by atoms with Gasteiger partial charge in [-0.05, 0) is 23.8 Å². The van der Waals surface area contributed by atoms with Gasteiger partial charge in [-0.15, -0.1) is 0 Å². The first kappa shape index (κ1) is 13.3. The lowest BCUT2D eigenvalue weighted by molar-refractivity contribution is 0.160. The van der Waals surface area contributed by atoms with E-state index in [1.165, 1.54) is 24.3 Å². The lowest BCUT2D eigenvalue weighted by atomic mass is 9.93. The van der Waals surface area contributed by atoms with Crippen molar-refractivity contribution in [3.8, 4) is 5.75 Å². The quantitative estimate of drug-likeness (QED) is 0.858. The maximum atomic E-state index is 13.5. The predicted molar refractivity (Wildman–Crippen MR) is 72.7 cm³/mol. The van der Waals surface area contributed by atoms with Gasteiger partial charge in [0.25, 0.3) is 0 Å². The van der Waals surface area contributed by atoms with Crippen LogP contribution in [0.15, 0.2) is 36.4 Å². The van der Waals surface area contributed by atoms with E-state index in [4.69, 9.17) is 22.1 Å². The Bertz CT molecular complexity index is 662. The van der Waals surface area contributed by atoms with Crippen LogP contribution in [-0.2, 0) is 0 Å². The van der Waals surface area contributed by atoms with Crippen LogP contribution in [0, 0.1) is 11.6 Å². The maximum absolute atomic E-state index is 13.5. The van der Waals surface area contributed by atoms with Gasteiger partial charge in [0.1, 0.15) is 23.5 Å². The Labute approximate surface area is 120 Å². The summed E-state index contributed by atoms with van der Waals surface area (Å²) in [6, 6.07) is 8.48. The fourth-order valence-corrected chi connectivity index (χ4v) is 2.51. The predicted octanol–water partition coefficient (Wildman–Crippen LogP) is 4.14. The molecule has 3 rings (SSSR count). The molecule has 0 saturated heterocycles. The Balaban J connectivity index is 1.96. The molecule has 104 valence electrons. The number of rotatable bonds is 1. The van der Waals surface area contributed by atoms with Gasteiger partial charge in [0.05, 0.1) is 5.02 Å². The second-order valence-electron chi connectivity index (χ2n) is 4.80. The van der Waals surface area contributed by atoms with Gasteiger partial charge in [0, 0.05) is 24.1 Å². The third-order valence-electron chi connectivity index (χ3n) is 3.43. The smallest absolute Gasteiger partial charge is 0.142 e. The minimum absolute atomic E-state index is 0.0558. The highest BCUT2D eigenvalue weighted by Crippen LogP contribution is 2.40. The van der Waals surface area contributed by atoms with Gasteiger partial charge in [-0.25, -0.2) is 8.78 Å². The summed E-state index contributed by atoms with van der Waals surface area (Å²) in [5.74, 6) is -0.491. The Kier molecular flexibility index (Phi) is 3.36. The Morgan fingerprint density at radius 3 is 2.70 bits per heavy atom. The van der Waals surface area contributed by atoms with Crippen LogP contribution in [0.4, 0.5) is 8.78 Å². The molecule has 0 aliphatic carbocycles. The molecule has 2 aromatic rings. The number of benzene rings is 2. The second kappa shape index (κ2) is 5.04. The van der Waals surface area contributed by atoms with E-state index in [1.807, 2.05) is 0 Å². The van der Waals surface area contributed by atoms with Crippen molar-refractivity contribution in [3.63, 3.8) is 0 Å². The number of nitrogens with two attached hydrogens (primary N) is 1. The van der Waals surface area contributed by atoms with Gasteiger partial charge in [0.2, 0.25) is 0 Å². The fraction of sp³-hybridized carbons (Fsp3) is 0.200. The second-order valence-corrected chi connectivity index (χ2v) is 5.21. The minimum Gasteiger partial charge on any atom is -0.485 e. The van der Waals surface area contributed by atoms with Crippen LogP contribution in [0.2, 0.25) is 5.02 Å². The number of hydrogen-bond donors (Lipinski definition) is 1. The Morgan fingerprint density at radius 1 is 1.15 bits per heavy atom. The average Bonchev–Trinajstić information content (AvgIpc) is 2.41. The van der Waals surface area contributed by atoms with E-state index in [0.717, 1.165) is 5.56 Å². The van der Waals surface area contributed by atoms with Gasteiger partial charge in [-0.1, -0.05) is 23.7 Å². The molecule has 5 heteroatoms. The summed E-state index contributed by atoms with van der Waals surface area (Å²) in [7, 11) is 0. The van der Waals surface area contributed by atoms with Gasteiger partial charge >= 0.3 is 0 Å². The van der Waals surface area contributed by atoms with Gasteiger partial charge in [0.15, 0.2) is 0 Å². The van der Waals surface area contributed by atoms with Crippen molar-refractivity contribution in [2.75, 3.05) is 0 Å². The maximum Gasteiger partial charge on any atom is 0.142 e. The third kappa shape index (κ3) is 2.37. The molecule has 0 aromatic heterocycles. The van der Waals surface area contributed by atoms with Crippen LogP contribution in [-0.4, -0.2) is 0 Å². The van der Waals surface area contributed by atoms with Crippen molar-refractivity contribution in [1.82, 2.24) is 0 Å². The first-order chi connectivity index (χ1) is 9.54. The van der Waals surface area contributed by atoms with Gasteiger partial charge in [-0.3, -0.25) is 0 Å². The lowest BCUT2D eigenvalue weighted by Crippen LogP contribution is -2.24. The summed E-state index contributed by atoms with van der Waals surface area (Å²) >= 11 is 5.66. The fourth-order valence-electron chi connectivity index (χ4n) is 2.39. The monoisotopic (exact) mass is 295 g/mol. The van der Waals surface area contributed by atoms with Crippen molar-refractivity contribution < 1.29 is 13.5 Å². The molecule has 2 aromatic carbocycles. The zero-order valence-corrected chi connectivity index (χ0v) is 11.2. The van der Waals surface area contributed by atoms with E-state index < -0.39 is 11.9 Å². The van der Waals surface area contributed by atoms with Gasteiger partial charge < -0.3 is 10.5 Å². The van der Waals surface area contributed by atoms with Crippen molar-refractivity contribution in [2.24, 2.45) is 5.73 Å². The molecule has 0 saturated carbocycles. The molecule has 2 atom stereocenters. The van der Waals surface area contributed by atoms with Crippen LogP contribution in [0.1, 0.15) is 29.7 Å². The third-order valence-corrected chi connectivity index (χ3v) is 3.73. The number of ether oxygens (including phenoxy) is 1. The number of halogens is 3. The summed E-state index contributed by atoms with van der Waals surface area (Å²) in [5.41, 5.74) is 7.47. The highest BCUT2D eigenvalue weighted by atomic mass is 35.5. The van der Waals surface area contributed by atoms with E-state index in [-0.39, 0.29) is 16.9 Å². The Hall–Kier alpha value is -1.65. The molecular weight excluding hydrogens is 284 g/mol. The first-order valence-electron chi connectivity index (χ1n) is 6.21. The van der Waals surface area contributed by atoms with E-state index in [9.17, 15) is 8.78 Å². The highest BCUT2D eigenvalue weighted by Gasteiger charge is 2.27. The number of hydrogen-bond acceptors (Lipinski definition) is 2. The van der Waals surface area contributed by atoms with Crippen molar-refractivity contribution in [3.05, 3.63) is 64.2 Å². The molecule has 2 nitrogen and oxygen atoms in total. The zero-order chi connectivity index (χ0) is 14.3. The standard InChI is InChI=1S/C15H12ClF2NO/c16-11-4-1-8(5-12(11)18)14-7-13(19)10-3-2-9(17)6-15(10)20-14/h1-6,13-14H,7,19H2. The molecule has 2 unspecified atom stereocenters. The molecule has 0 spiro atoms. The topological polar surface area (TPSA) is 35.2 Å². The van der Waals surface area contributed by atoms with E-state index in [1.54, 1.807) is 12.1 Å². The normalized spacial score (nSPS) is 21.2. The van der Waals surface area contributed by atoms with Crippen molar-refractivity contribution in [1.29, 1.82) is 0 Å². The molecule has 1 aliphatic rings. The van der Waals surface area contributed by atoms with Gasteiger partial charge in [-0.2, -0.15) is 0 Å². The van der Waals surface area contributed by atoms with Crippen molar-refractivity contribution in [2.45, 2.75) is 18.6 Å². The average molecular weight is 296 g/mol. The molecule has 0 amide bonds. The zero-order valence-electron chi connectivity index (χ0n) is 10.4. The van der Waals surface area contributed by atoms with E-state index in [0.29, 0.717) is 17.7 Å². The van der Waals surface area contributed by atoms with Crippen LogP contribution >= 0.6 is 11.6 Å². The molecule has 1 aliphatic heterocycles. The molecular formula is C15H12ClF2NO. The molecule has 20 heavy (non-hydrogen) atoms. The molecule has 0 radical (unpaired) electrons. The first-order valence-corrected chi connectivity index (χ1v) is 6.59. The van der Waals surface area contributed by atoms with Crippen LogP contribution in [0.25, 0.3) is 0 Å². The van der Waals surface area contributed by atoms with E-state index >= 15 is 0 Å². The highest BCUT2D eigenvalue weighted by molar-refractivity contribution is 6.30. The van der Waals surface area contributed by atoms with Crippen molar-refractivity contribution >= 4 is 11.6 Å². The lowest BCUT2D eigenvalue weighted by Gasteiger charge is -2.30. The molecule has 0 bridgehead atoms.